The van der Waals surface area contributed by atoms with Crippen LogP contribution in [0.3, 0.4) is 0 Å². The zero-order valence-corrected chi connectivity index (χ0v) is 22.2. The number of hydrogen-bond acceptors (Lipinski definition) is 6. The predicted octanol–water partition coefficient (Wildman–Crippen LogP) is 4.10. The molecule has 0 bridgehead atoms. The molecule has 1 amide bonds. The fourth-order valence-electron chi connectivity index (χ4n) is 5.83. The van der Waals surface area contributed by atoms with Gasteiger partial charge in [0, 0.05) is 48.3 Å². The Bertz CT molecular complexity index is 1560. The molecule has 210 valence electrons. The van der Waals surface area contributed by atoms with E-state index in [1.807, 2.05) is 13.8 Å². The predicted molar refractivity (Wildman–Crippen MR) is 130 cm³/mol. The van der Waals surface area contributed by atoms with Gasteiger partial charge in [0.1, 0.15) is 21.3 Å². The van der Waals surface area contributed by atoms with Gasteiger partial charge in [-0.2, -0.15) is 17.6 Å². The molecule has 1 aliphatic heterocycles. The normalized spacial score (nSPS) is 21.6. The first-order chi connectivity index (χ1) is 18.1. The fraction of sp³-hybridized carbons (Fsp3) is 0.520. The molecule has 1 saturated heterocycles. The maximum absolute atomic E-state index is 15.4. The Hall–Kier alpha value is -3.16. The van der Waals surface area contributed by atoms with Gasteiger partial charge in [0.2, 0.25) is 11.9 Å². The SMILES string of the molecule is CN(C(=O)C1CCS(=O)(=O)CC1)C(c1ncc(C2CC(C)(C)c3c2cnc2cc(F)nn32)cc1F)C(F)(F)F. The van der Waals surface area contributed by atoms with Crippen molar-refractivity contribution in [1.82, 2.24) is 24.5 Å². The van der Waals surface area contributed by atoms with Crippen LogP contribution < -0.4 is 0 Å². The van der Waals surface area contributed by atoms with Crippen LogP contribution in [0.5, 0.6) is 0 Å². The van der Waals surface area contributed by atoms with Gasteiger partial charge >= 0.3 is 6.18 Å². The molecule has 5 rings (SSSR count). The molecule has 8 nitrogen and oxygen atoms in total. The molecular formula is C25H26F5N5O3S. The molecule has 2 aliphatic rings. The van der Waals surface area contributed by atoms with E-state index in [2.05, 4.69) is 15.1 Å². The van der Waals surface area contributed by atoms with Crippen molar-refractivity contribution < 1.29 is 35.2 Å². The first kappa shape index (κ1) is 27.4. The number of nitrogens with zero attached hydrogens (tertiary/aromatic N) is 5. The number of pyridine rings is 1. The van der Waals surface area contributed by atoms with Gasteiger partial charge in [-0.25, -0.2) is 22.3 Å². The Kier molecular flexibility index (Phi) is 6.47. The van der Waals surface area contributed by atoms with Crippen molar-refractivity contribution >= 4 is 21.4 Å². The number of fused-ring (bicyclic) bond motifs is 3. The summed E-state index contributed by atoms with van der Waals surface area (Å²) in [5.74, 6) is -4.83. The number of halogens is 5. The quantitative estimate of drug-likeness (QED) is 0.438. The number of sulfone groups is 1. The van der Waals surface area contributed by atoms with Crippen molar-refractivity contribution in [3.8, 4) is 0 Å². The van der Waals surface area contributed by atoms with Gasteiger partial charge in [-0.3, -0.25) is 9.78 Å². The second-order valence-electron chi connectivity index (χ2n) is 10.9. The molecule has 2 unspecified atom stereocenters. The topological polar surface area (TPSA) is 97.5 Å². The first-order valence-corrected chi connectivity index (χ1v) is 14.1. The zero-order valence-electron chi connectivity index (χ0n) is 21.3. The lowest BCUT2D eigenvalue weighted by Gasteiger charge is -2.33. The Morgan fingerprint density at radius 3 is 2.41 bits per heavy atom. The summed E-state index contributed by atoms with van der Waals surface area (Å²) in [4.78, 5) is 21.4. The molecule has 1 fully saturated rings. The number of rotatable bonds is 4. The third-order valence-electron chi connectivity index (χ3n) is 7.71. The Morgan fingerprint density at radius 1 is 1.13 bits per heavy atom. The Balaban J connectivity index is 1.48. The van der Waals surface area contributed by atoms with Crippen molar-refractivity contribution in [2.75, 3.05) is 18.6 Å². The van der Waals surface area contributed by atoms with E-state index in [1.165, 1.54) is 16.8 Å². The monoisotopic (exact) mass is 571 g/mol. The van der Waals surface area contributed by atoms with E-state index < -0.39 is 62.7 Å². The molecular weight excluding hydrogens is 545 g/mol. The third-order valence-corrected chi connectivity index (χ3v) is 9.43. The summed E-state index contributed by atoms with van der Waals surface area (Å²) in [5.41, 5.74) is 0.421. The highest BCUT2D eigenvalue weighted by Crippen LogP contribution is 2.49. The lowest BCUT2D eigenvalue weighted by molar-refractivity contribution is -0.192. The number of carbonyl (C=O) groups is 1. The summed E-state index contributed by atoms with van der Waals surface area (Å²) < 4.78 is 96.6. The zero-order chi connectivity index (χ0) is 28.5. The number of amides is 1. The van der Waals surface area contributed by atoms with Crippen LogP contribution in [0.4, 0.5) is 22.0 Å². The van der Waals surface area contributed by atoms with Crippen molar-refractivity contribution in [2.45, 2.75) is 56.7 Å². The molecule has 3 aromatic heterocycles. The lowest BCUT2D eigenvalue weighted by Crippen LogP contribution is -2.45. The van der Waals surface area contributed by atoms with Crippen molar-refractivity contribution in [1.29, 1.82) is 0 Å². The van der Waals surface area contributed by atoms with Gasteiger partial charge in [-0.1, -0.05) is 13.8 Å². The van der Waals surface area contributed by atoms with Crippen LogP contribution in [0.1, 0.15) is 67.6 Å². The summed E-state index contributed by atoms with van der Waals surface area (Å²) in [5, 5.41) is 3.87. The standard InChI is InChI=1S/C25H26F5N5O3S/c1-24(2)10-15(16-12-31-19-9-18(27)33-35(19)21(16)24)14-8-17(26)20(32-11-14)22(25(28,29)30)34(3)23(36)13-4-6-39(37,38)7-5-13/h8-9,11-13,15,22H,4-7,10H2,1-3H3. The molecule has 2 atom stereocenters. The van der Waals surface area contributed by atoms with Crippen LogP contribution in [0, 0.1) is 17.7 Å². The molecule has 3 aromatic rings. The van der Waals surface area contributed by atoms with E-state index in [0.29, 0.717) is 33.8 Å². The Labute approximate surface area is 221 Å². The van der Waals surface area contributed by atoms with Crippen molar-refractivity contribution in [3.05, 3.63) is 58.8 Å². The van der Waals surface area contributed by atoms with Gasteiger partial charge in [0.25, 0.3) is 0 Å². The van der Waals surface area contributed by atoms with E-state index >= 15 is 4.39 Å². The largest absolute Gasteiger partial charge is 0.414 e. The number of alkyl halides is 3. The van der Waals surface area contributed by atoms with Gasteiger partial charge in [0.05, 0.1) is 17.2 Å². The van der Waals surface area contributed by atoms with E-state index in [-0.39, 0.29) is 24.3 Å². The smallest absolute Gasteiger partial charge is 0.328 e. The van der Waals surface area contributed by atoms with Crippen LogP contribution in [0.25, 0.3) is 5.65 Å². The molecule has 0 aromatic carbocycles. The Morgan fingerprint density at radius 2 is 1.79 bits per heavy atom. The van der Waals surface area contributed by atoms with E-state index in [4.69, 9.17) is 0 Å². The second-order valence-corrected chi connectivity index (χ2v) is 13.2. The average Bonchev–Trinajstić information content (AvgIpc) is 3.34. The summed E-state index contributed by atoms with van der Waals surface area (Å²) in [6.07, 6.45) is -2.11. The van der Waals surface area contributed by atoms with Gasteiger partial charge in [0.15, 0.2) is 11.7 Å². The van der Waals surface area contributed by atoms with Gasteiger partial charge in [-0.15, -0.1) is 5.10 Å². The van der Waals surface area contributed by atoms with Gasteiger partial charge in [-0.05, 0) is 30.9 Å². The van der Waals surface area contributed by atoms with Crippen LogP contribution in [-0.2, 0) is 20.0 Å². The van der Waals surface area contributed by atoms with E-state index in [1.54, 1.807) is 0 Å². The molecule has 14 heteroatoms. The lowest BCUT2D eigenvalue weighted by atomic mass is 9.87. The number of hydrogen-bond donors (Lipinski definition) is 0. The summed E-state index contributed by atoms with van der Waals surface area (Å²) in [6.45, 7) is 3.81. The van der Waals surface area contributed by atoms with Crippen LogP contribution >= 0.6 is 0 Å². The second kappa shape index (κ2) is 9.20. The van der Waals surface area contributed by atoms with Gasteiger partial charge < -0.3 is 4.90 Å². The van der Waals surface area contributed by atoms with Crippen molar-refractivity contribution in [3.63, 3.8) is 0 Å². The average molecular weight is 572 g/mol. The van der Waals surface area contributed by atoms with E-state index in [0.717, 1.165) is 19.3 Å². The third kappa shape index (κ3) is 4.87. The van der Waals surface area contributed by atoms with Crippen LogP contribution in [0.2, 0.25) is 0 Å². The van der Waals surface area contributed by atoms with E-state index in [9.17, 15) is 30.8 Å². The highest BCUT2D eigenvalue weighted by molar-refractivity contribution is 7.91. The molecule has 39 heavy (non-hydrogen) atoms. The first-order valence-electron chi connectivity index (χ1n) is 12.3. The number of carbonyl (C=O) groups excluding carboxylic acids is 1. The molecule has 1 aliphatic carbocycles. The minimum absolute atomic E-state index is 0.0940. The fourth-order valence-corrected chi connectivity index (χ4v) is 7.32. The minimum Gasteiger partial charge on any atom is -0.328 e. The van der Waals surface area contributed by atoms with Crippen LogP contribution in [0.15, 0.2) is 24.5 Å². The molecule has 0 radical (unpaired) electrons. The maximum atomic E-state index is 15.4. The summed E-state index contributed by atoms with van der Waals surface area (Å²) in [6, 6.07) is -0.490. The van der Waals surface area contributed by atoms with Crippen molar-refractivity contribution in [2.24, 2.45) is 5.92 Å². The molecule has 0 spiro atoms. The summed E-state index contributed by atoms with van der Waals surface area (Å²) >= 11 is 0. The number of aromatic nitrogens is 4. The molecule has 0 saturated carbocycles. The molecule has 4 heterocycles. The highest BCUT2D eigenvalue weighted by Gasteiger charge is 2.49. The maximum Gasteiger partial charge on any atom is 0.414 e. The highest BCUT2D eigenvalue weighted by atomic mass is 32.2. The molecule has 0 N–H and O–H groups in total. The van der Waals surface area contributed by atoms with Crippen LogP contribution in [-0.4, -0.2) is 63.5 Å². The minimum atomic E-state index is -5.04. The summed E-state index contributed by atoms with van der Waals surface area (Å²) in [7, 11) is -2.40.